The average Bonchev–Trinajstić information content (AvgIpc) is 3.88. The van der Waals surface area contributed by atoms with E-state index in [1.807, 2.05) is 59.1 Å². The Balaban J connectivity index is 1.09. The molecule has 1 unspecified atom stereocenters. The maximum absolute atomic E-state index is 5.09. The molecule has 0 N–H and O–H groups in total. The van der Waals surface area contributed by atoms with Gasteiger partial charge in [0.2, 0.25) is 0 Å². The quantitative estimate of drug-likeness (QED) is 0.185. The molecule has 0 saturated carbocycles. The van der Waals surface area contributed by atoms with Crippen molar-refractivity contribution >= 4 is 80.8 Å². The van der Waals surface area contributed by atoms with Gasteiger partial charge in [0.15, 0.2) is 11.6 Å². The summed E-state index contributed by atoms with van der Waals surface area (Å²) in [5.74, 6) is 2.25. The van der Waals surface area contributed by atoms with Crippen LogP contribution in [-0.4, -0.2) is 19.5 Å². The molecule has 11 rings (SSSR count). The van der Waals surface area contributed by atoms with E-state index in [0.29, 0.717) is 11.6 Å². The molecule has 10 aromatic rings. The summed E-state index contributed by atoms with van der Waals surface area (Å²) in [5.41, 5.74) is 7.06. The highest BCUT2D eigenvalue weighted by atomic mass is 32.1. The molecule has 0 aliphatic heterocycles. The minimum Gasteiger partial charge on any atom is -0.309 e. The summed E-state index contributed by atoms with van der Waals surface area (Å²) in [6.45, 7) is 0. The van der Waals surface area contributed by atoms with Crippen LogP contribution in [0.3, 0.4) is 0 Å². The molecule has 6 aromatic carbocycles. The van der Waals surface area contributed by atoms with Crippen molar-refractivity contribution in [3.8, 4) is 28.5 Å². The van der Waals surface area contributed by atoms with E-state index in [9.17, 15) is 0 Å². The van der Waals surface area contributed by atoms with Crippen LogP contribution < -0.4 is 0 Å². The van der Waals surface area contributed by atoms with Crippen LogP contribution in [0.1, 0.15) is 22.2 Å². The average molecular weight is 689 g/mol. The van der Waals surface area contributed by atoms with Crippen LogP contribution in [-0.2, 0) is 6.42 Å². The van der Waals surface area contributed by atoms with Crippen LogP contribution in [0.5, 0.6) is 0 Å². The standard InChI is InChI=1S/C45H28N4S2/c1-3-12-27(13-4-1)43-46-44(28-14-5-2-6-15-28)48-45(47-43)29-22-24-37-33(26-29)32-23-25-39-41(42(32)51-37)40-36(20-11-21-38(40)50-39)49-34-18-9-7-16-30(34)31-17-8-10-19-35(31)49/h1-25,29H,26H2. The molecule has 0 bridgehead atoms. The van der Waals surface area contributed by atoms with E-state index in [0.717, 1.165) is 23.4 Å². The van der Waals surface area contributed by atoms with Gasteiger partial charge in [-0.15, -0.1) is 22.7 Å². The number of rotatable bonds is 4. The third-order valence-electron chi connectivity index (χ3n) is 10.2. The Morgan fingerprint density at radius 1 is 0.529 bits per heavy atom. The summed E-state index contributed by atoms with van der Waals surface area (Å²) in [5, 5.41) is 6.57. The highest BCUT2D eigenvalue weighted by Crippen LogP contribution is 2.48. The molecular weight excluding hydrogens is 661 g/mol. The van der Waals surface area contributed by atoms with E-state index in [-0.39, 0.29) is 5.92 Å². The van der Waals surface area contributed by atoms with E-state index >= 15 is 0 Å². The van der Waals surface area contributed by atoms with Crippen molar-refractivity contribution in [3.63, 3.8) is 0 Å². The molecule has 0 spiro atoms. The Kier molecular flexibility index (Phi) is 6.38. The van der Waals surface area contributed by atoms with Crippen LogP contribution in [0.25, 0.3) is 86.6 Å². The van der Waals surface area contributed by atoms with Gasteiger partial charge in [-0.2, -0.15) is 0 Å². The molecule has 4 nitrogen and oxygen atoms in total. The second-order valence-electron chi connectivity index (χ2n) is 13.1. The van der Waals surface area contributed by atoms with Gasteiger partial charge in [-0.1, -0.05) is 115 Å². The fourth-order valence-electron chi connectivity index (χ4n) is 7.88. The molecule has 1 aliphatic carbocycles. The van der Waals surface area contributed by atoms with E-state index in [1.54, 1.807) is 0 Å². The lowest BCUT2D eigenvalue weighted by Crippen LogP contribution is -2.11. The van der Waals surface area contributed by atoms with Crippen LogP contribution in [0.4, 0.5) is 0 Å². The number of allylic oxidation sites excluding steroid dienone is 1. The molecule has 4 aromatic heterocycles. The van der Waals surface area contributed by atoms with Crippen molar-refractivity contribution in [3.05, 3.63) is 162 Å². The van der Waals surface area contributed by atoms with Crippen molar-refractivity contribution in [2.75, 3.05) is 0 Å². The molecule has 6 heteroatoms. The third-order valence-corrected chi connectivity index (χ3v) is 12.6. The summed E-state index contributed by atoms with van der Waals surface area (Å²) < 4.78 is 6.45. The van der Waals surface area contributed by atoms with Crippen molar-refractivity contribution in [1.82, 2.24) is 19.5 Å². The molecule has 240 valence electrons. The molecule has 0 amide bonds. The first-order chi connectivity index (χ1) is 25.3. The number of hydrogen-bond acceptors (Lipinski definition) is 5. The number of aromatic nitrogens is 4. The van der Waals surface area contributed by atoms with Crippen molar-refractivity contribution in [2.24, 2.45) is 0 Å². The van der Waals surface area contributed by atoms with E-state index in [2.05, 4.69) is 120 Å². The van der Waals surface area contributed by atoms with Gasteiger partial charge in [0.05, 0.1) is 16.7 Å². The first-order valence-electron chi connectivity index (χ1n) is 17.2. The summed E-state index contributed by atoms with van der Waals surface area (Å²) >= 11 is 3.81. The normalized spacial score (nSPS) is 14.3. The Hall–Kier alpha value is -5.95. The zero-order chi connectivity index (χ0) is 33.5. The summed E-state index contributed by atoms with van der Waals surface area (Å²) in [6, 6.07) is 49.5. The van der Waals surface area contributed by atoms with Crippen molar-refractivity contribution in [2.45, 2.75) is 12.3 Å². The lowest BCUT2D eigenvalue weighted by molar-refractivity contribution is 0.754. The highest BCUT2D eigenvalue weighted by molar-refractivity contribution is 7.27. The predicted octanol–water partition coefficient (Wildman–Crippen LogP) is 12.2. The zero-order valence-electron chi connectivity index (χ0n) is 27.3. The fourth-order valence-corrected chi connectivity index (χ4v) is 10.4. The maximum Gasteiger partial charge on any atom is 0.163 e. The lowest BCUT2D eigenvalue weighted by atomic mass is 9.91. The van der Waals surface area contributed by atoms with Crippen LogP contribution in [0.2, 0.25) is 0 Å². The molecule has 1 aliphatic rings. The monoisotopic (exact) mass is 688 g/mol. The predicted molar refractivity (Wildman–Crippen MR) is 215 cm³/mol. The lowest BCUT2D eigenvalue weighted by Gasteiger charge is -2.17. The van der Waals surface area contributed by atoms with Gasteiger partial charge in [0.25, 0.3) is 0 Å². The van der Waals surface area contributed by atoms with Gasteiger partial charge in [0, 0.05) is 57.6 Å². The van der Waals surface area contributed by atoms with Gasteiger partial charge in [0.1, 0.15) is 5.82 Å². The molecule has 0 saturated heterocycles. The highest BCUT2D eigenvalue weighted by Gasteiger charge is 2.26. The van der Waals surface area contributed by atoms with Crippen molar-refractivity contribution in [1.29, 1.82) is 0 Å². The number of benzene rings is 6. The largest absolute Gasteiger partial charge is 0.309 e. The molecule has 0 fully saturated rings. The number of hydrogen-bond donors (Lipinski definition) is 0. The number of fused-ring (bicyclic) bond motifs is 10. The first-order valence-corrected chi connectivity index (χ1v) is 18.8. The zero-order valence-corrected chi connectivity index (χ0v) is 29.0. The molecule has 0 radical (unpaired) electrons. The summed E-state index contributed by atoms with van der Waals surface area (Å²) in [6.07, 6.45) is 5.44. The van der Waals surface area contributed by atoms with E-state index in [4.69, 9.17) is 15.0 Å². The SMILES string of the molecule is C1=CC(c2nc(-c3ccccc3)nc(-c3ccccc3)n2)Cc2c1sc1c2ccc2sc3cccc(-n4c5ccccc5c5ccccc54)c3c21. The molecular formula is C45H28N4S2. The Labute approximate surface area is 301 Å². The molecule has 51 heavy (non-hydrogen) atoms. The number of nitrogens with zero attached hydrogens (tertiary/aromatic N) is 4. The van der Waals surface area contributed by atoms with Crippen LogP contribution in [0, 0.1) is 0 Å². The summed E-state index contributed by atoms with van der Waals surface area (Å²) in [4.78, 5) is 16.4. The second kappa shape index (κ2) is 11.3. The van der Waals surface area contributed by atoms with Gasteiger partial charge in [-0.05, 0) is 53.8 Å². The Morgan fingerprint density at radius 2 is 1.16 bits per heavy atom. The number of thiophene rings is 2. The topological polar surface area (TPSA) is 43.6 Å². The van der Waals surface area contributed by atoms with Crippen LogP contribution >= 0.6 is 22.7 Å². The van der Waals surface area contributed by atoms with Gasteiger partial charge in [-0.3, -0.25) is 0 Å². The molecule has 4 heterocycles. The second-order valence-corrected chi connectivity index (χ2v) is 15.3. The van der Waals surface area contributed by atoms with Gasteiger partial charge >= 0.3 is 0 Å². The van der Waals surface area contributed by atoms with Gasteiger partial charge in [-0.25, -0.2) is 15.0 Å². The van der Waals surface area contributed by atoms with E-state index in [1.165, 1.54) is 68.2 Å². The third kappa shape index (κ3) is 4.47. The molecule has 1 atom stereocenters. The first kappa shape index (κ1) is 28.8. The maximum atomic E-state index is 5.09. The van der Waals surface area contributed by atoms with Gasteiger partial charge < -0.3 is 4.57 Å². The minimum atomic E-state index is 0.0336. The minimum absolute atomic E-state index is 0.0336. The Morgan fingerprint density at radius 3 is 1.84 bits per heavy atom. The fraction of sp³-hybridized carbons (Fsp3) is 0.0444. The number of para-hydroxylation sites is 2. The smallest absolute Gasteiger partial charge is 0.163 e. The Bertz CT molecular complexity index is 2900. The van der Waals surface area contributed by atoms with E-state index < -0.39 is 0 Å². The van der Waals surface area contributed by atoms with Crippen molar-refractivity contribution < 1.29 is 0 Å². The van der Waals surface area contributed by atoms with Crippen LogP contribution in [0.15, 0.2) is 146 Å². The summed E-state index contributed by atoms with van der Waals surface area (Å²) in [7, 11) is 0.